The molecule has 28 heavy (non-hydrogen) atoms. The summed E-state index contributed by atoms with van der Waals surface area (Å²) in [5.41, 5.74) is 4.35. The molecule has 0 aliphatic rings. The van der Waals surface area contributed by atoms with Crippen molar-refractivity contribution >= 4 is 22.8 Å². The van der Waals surface area contributed by atoms with E-state index in [-0.39, 0.29) is 12.5 Å². The van der Waals surface area contributed by atoms with Gasteiger partial charge in [-0.05, 0) is 38.0 Å². The number of fused-ring (bicyclic) bond motifs is 1. The van der Waals surface area contributed by atoms with Crippen LogP contribution >= 0.6 is 0 Å². The number of carbonyl (C=O) groups excluding carboxylic acids is 2. The Kier molecular flexibility index (Phi) is 6.37. The summed E-state index contributed by atoms with van der Waals surface area (Å²) >= 11 is 0. The highest BCUT2D eigenvalue weighted by atomic mass is 16.5. The van der Waals surface area contributed by atoms with Crippen LogP contribution in [0.2, 0.25) is 0 Å². The normalized spacial score (nSPS) is 10.6. The molecule has 1 amide bonds. The number of amides is 1. The average molecular weight is 376 g/mol. The Morgan fingerprint density at radius 2 is 1.79 bits per heavy atom. The van der Waals surface area contributed by atoms with Gasteiger partial charge in [-0.2, -0.15) is 0 Å². The summed E-state index contributed by atoms with van der Waals surface area (Å²) in [5, 5.41) is 3.56. The van der Waals surface area contributed by atoms with E-state index in [4.69, 9.17) is 4.74 Å². The van der Waals surface area contributed by atoms with Crippen molar-refractivity contribution in [3.63, 3.8) is 0 Å². The molecule has 1 aromatic heterocycles. The predicted octanol–water partition coefficient (Wildman–Crippen LogP) is 3.76. The van der Waals surface area contributed by atoms with Gasteiger partial charge in [0.15, 0.2) is 0 Å². The topological polar surface area (TPSA) is 68.3 Å². The number of aryl methyl sites for hydroxylation is 3. The van der Waals surface area contributed by atoms with Crippen LogP contribution in [0.15, 0.2) is 54.6 Å². The van der Waals surface area contributed by atoms with Crippen LogP contribution in [0, 0.1) is 13.8 Å². The molecule has 0 radical (unpaired) electrons. The minimum Gasteiger partial charge on any atom is -0.460 e. The molecule has 5 heteroatoms. The zero-order valence-corrected chi connectivity index (χ0v) is 16.2. The van der Waals surface area contributed by atoms with Crippen LogP contribution in [0.1, 0.15) is 33.6 Å². The number of carbonyl (C=O) groups is 2. The molecule has 5 nitrogen and oxygen atoms in total. The van der Waals surface area contributed by atoms with Gasteiger partial charge in [0, 0.05) is 17.5 Å². The number of benzene rings is 2. The second-order valence-electron chi connectivity index (χ2n) is 6.80. The first-order valence-electron chi connectivity index (χ1n) is 9.38. The summed E-state index contributed by atoms with van der Waals surface area (Å²) in [6, 6.07) is 17.3. The van der Waals surface area contributed by atoms with Gasteiger partial charge in [-0.1, -0.05) is 48.0 Å². The quantitative estimate of drug-likeness (QED) is 0.504. The van der Waals surface area contributed by atoms with E-state index >= 15 is 0 Å². The number of ether oxygens (including phenoxy) is 1. The van der Waals surface area contributed by atoms with E-state index in [9.17, 15) is 9.59 Å². The molecule has 3 aromatic rings. The second-order valence-corrected chi connectivity index (χ2v) is 6.80. The monoisotopic (exact) mass is 376 g/mol. The van der Waals surface area contributed by atoms with Crippen molar-refractivity contribution in [2.75, 3.05) is 13.2 Å². The zero-order chi connectivity index (χ0) is 19.9. The first-order chi connectivity index (χ1) is 13.5. The lowest BCUT2D eigenvalue weighted by Crippen LogP contribution is -2.28. The Hall–Kier alpha value is -3.21. The van der Waals surface area contributed by atoms with Crippen molar-refractivity contribution in [1.82, 2.24) is 10.3 Å². The van der Waals surface area contributed by atoms with Crippen molar-refractivity contribution in [3.8, 4) is 0 Å². The second kappa shape index (κ2) is 9.13. The number of para-hydroxylation sites is 1. The number of hydrogen-bond donors (Lipinski definition) is 1. The molecule has 0 unspecified atom stereocenters. The molecule has 0 fully saturated rings. The van der Waals surface area contributed by atoms with E-state index in [1.807, 2.05) is 62.4 Å². The lowest BCUT2D eigenvalue weighted by atomic mass is 10.1. The fourth-order valence-corrected chi connectivity index (χ4v) is 2.99. The fraction of sp³-hybridized carbons (Fsp3) is 0.261. The summed E-state index contributed by atoms with van der Waals surface area (Å²) in [6.07, 6.45) is 1.10. The SMILES string of the molecule is Cc1ccc(CCC(=O)NCCOC(=O)c2cc(C)nc3ccccc23)cc1. The van der Waals surface area contributed by atoms with E-state index in [1.165, 1.54) is 5.56 Å². The van der Waals surface area contributed by atoms with E-state index in [2.05, 4.69) is 10.3 Å². The molecule has 0 atom stereocenters. The largest absolute Gasteiger partial charge is 0.460 e. The number of pyridine rings is 1. The van der Waals surface area contributed by atoms with Gasteiger partial charge >= 0.3 is 5.97 Å². The molecule has 0 spiro atoms. The maximum absolute atomic E-state index is 12.4. The van der Waals surface area contributed by atoms with Crippen molar-refractivity contribution in [1.29, 1.82) is 0 Å². The maximum atomic E-state index is 12.4. The molecule has 2 aromatic carbocycles. The Morgan fingerprint density at radius 1 is 1.04 bits per heavy atom. The average Bonchev–Trinajstić information content (AvgIpc) is 2.70. The van der Waals surface area contributed by atoms with Crippen LogP contribution < -0.4 is 5.32 Å². The smallest absolute Gasteiger partial charge is 0.338 e. The standard InChI is InChI=1S/C23H24N2O3/c1-16-7-9-18(10-8-16)11-12-22(26)24-13-14-28-23(27)20-15-17(2)25-21-6-4-3-5-19(20)21/h3-10,15H,11-14H2,1-2H3,(H,24,26). The molecule has 1 N–H and O–H groups in total. The summed E-state index contributed by atoms with van der Waals surface area (Å²) in [5.74, 6) is -0.461. The van der Waals surface area contributed by atoms with Crippen LogP contribution in [0.5, 0.6) is 0 Å². The van der Waals surface area contributed by atoms with Crippen LogP contribution in [0.4, 0.5) is 0 Å². The summed E-state index contributed by atoms with van der Waals surface area (Å²) in [7, 11) is 0. The van der Waals surface area contributed by atoms with Crippen molar-refractivity contribution in [3.05, 3.63) is 77.0 Å². The molecule has 0 bridgehead atoms. The first kappa shape index (κ1) is 19.5. The molecule has 0 saturated carbocycles. The molecule has 3 rings (SSSR count). The van der Waals surface area contributed by atoms with Gasteiger partial charge in [0.05, 0.1) is 17.6 Å². The van der Waals surface area contributed by atoms with Gasteiger partial charge in [0.2, 0.25) is 5.91 Å². The van der Waals surface area contributed by atoms with Crippen LogP contribution in [0.3, 0.4) is 0 Å². The number of hydrogen-bond acceptors (Lipinski definition) is 4. The molecular formula is C23H24N2O3. The van der Waals surface area contributed by atoms with Gasteiger partial charge in [-0.3, -0.25) is 9.78 Å². The number of nitrogens with zero attached hydrogens (tertiary/aromatic N) is 1. The number of nitrogens with one attached hydrogen (secondary N) is 1. The van der Waals surface area contributed by atoms with Gasteiger partial charge < -0.3 is 10.1 Å². The van der Waals surface area contributed by atoms with Crippen LogP contribution in [-0.4, -0.2) is 30.0 Å². The molecule has 0 aliphatic carbocycles. The highest BCUT2D eigenvalue weighted by Crippen LogP contribution is 2.19. The Balaban J connectivity index is 1.45. The Bertz CT molecular complexity index is 981. The third-order valence-corrected chi connectivity index (χ3v) is 4.48. The summed E-state index contributed by atoms with van der Waals surface area (Å²) in [4.78, 5) is 28.8. The molecule has 144 valence electrons. The van der Waals surface area contributed by atoms with Crippen LogP contribution in [-0.2, 0) is 16.0 Å². The predicted molar refractivity (Wildman–Crippen MR) is 109 cm³/mol. The van der Waals surface area contributed by atoms with Gasteiger partial charge in [0.25, 0.3) is 0 Å². The molecular weight excluding hydrogens is 352 g/mol. The highest BCUT2D eigenvalue weighted by Gasteiger charge is 2.13. The lowest BCUT2D eigenvalue weighted by molar-refractivity contribution is -0.121. The zero-order valence-electron chi connectivity index (χ0n) is 16.2. The van der Waals surface area contributed by atoms with Gasteiger partial charge in [-0.15, -0.1) is 0 Å². The number of aromatic nitrogens is 1. The molecule has 1 heterocycles. The van der Waals surface area contributed by atoms with Gasteiger partial charge in [-0.25, -0.2) is 4.79 Å². The lowest BCUT2D eigenvalue weighted by Gasteiger charge is -2.09. The molecule has 0 aliphatic heterocycles. The third kappa shape index (κ3) is 5.16. The first-order valence-corrected chi connectivity index (χ1v) is 9.38. The van der Waals surface area contributed by atoms with Crippen molar-refractivity contribution in [2.45, 2.75) is 26.7 Å². The van der Waals surface area contributed by atoms with Crippen molar-refractivity contribution in [2.24, 2.45) is 0 Å². The Labute approximate surface area is 164 Å². The molecule has 0 saturated heterocycles. The number of rotatable bonds is 7. The Morgan fingerprint density at radius 3 is 2.57 bits per heavy atom. The van der Waals surface area contributed by atoms with E-state index in [0.29, 0.717) is 24.9 Å². The van der Waals surface area contributed by atoms with Gasteiger partial charge in [0.1, 0.15) is 6.61 Å². The fourth-order valence-electron chi connectivity index (χ4n) is 2.99. The van der Waals surface area contributed by atoms with E-state index in [1.54, 1.807) is 6.07 Å². The summed E-state index contributed by atoms with van der Waals surface area (Å²) < 4.78 is 5.34. The van der Waals surface area contributed by atoms with Crippen molar-refractivity contribution < 1.29 is 14.3 Å². The maximum Gasteiger partial charge on any atom is 0.338 e. The highest BCUT2D eigenvalue weighted by molar-refractivity contribution is 6.03. The number of esters is 1. The minimum absolute atomic E-state index is 0.0539. The van der Waals surface area contributed by atoms with E-state index in [0.717, 1.165) is 22.2 Å². The van der Waals surface area contributed by atoms with Crippen LogP contribution in [0.25, 0.3) is 10.9 Å². The minimum atomic E-state index is -0.407. The third-order valence-electron chi connectivity index (χ3n) is 4.48. The summed E-state index contributed by atoms with van der Waals surface area (Å²) in [6.45, 7) is 4.30. The van der Waals surface area contributed by atoms with E-state index < -0.39 is 5.97 Å².